The molecule has 0 atom stereocenters. The first-order chi connectivity index (χ1) is 8.77. The molecule has 18 heavy (non-hydrogen) atoms. The second kappa shape index (κ2) is 6.00. The molecule has 3 rings (SSSR count). The number of oxazole rings is 1. The molecule has 0 radical (unpaired) electrons. The first kappa shape index (κ1) is 12.4. The van der Waals surface area contributed by atoms with Crippen LogP contribution >= 0.6 is 0 Å². The second-order valence-corrected chi connectivity index (χ2v) is 4.12. The van der Waals surface area contributed by atoms with Gasteiger partial charge in [-0.3, -0.25) is 0 Å². The number of carboxylic acids is 1. The number of hydrogen-bond donors (Lipinski definition) is 1. The summed E-state index contributed by atoms with van der Waals surface area (Å²) in [6.45, 7) is 0. The van der Waals surface area contributed by atoms with Crippen molar-refractivity contribution < 1.29 is 14.3 Å². The van der Waals surface area contributed by atoms with E-state index in [1.165, 1.54) is 38.1 Å². The number of fused-ring (bicyclic) bond motifs is 1. The molecule has 1 aromatic carbocycles. The maximum absolute atomic E-state index is 9.91. The topological polar surface area (TPSA) is 63.3 Å². The predicted molar refractivity (Wildman–Crippen MR) is 66.5 cm³/mol. The molecule has 94 valence electrons. The normalized spacial score (nSPS) is 13.1. The van der Waals surface area contributed by atoms with E-state index >= 15 is 0 Å². The highest BCUT2D eigenvalue weighted by Crippen LogP contribution is 2.19. The lowest BCUT2D eigenvalue weighted by Crippen LogP contribution is -2.00. The highest BCUT2D eigenvalue weighted by Gasteiger charge is 2.06. The predicted octanol–water partition coefficient (Wildman–Crippen LogP) is 2.94. The highest BCUT2D eigenvalue weighted by molar-refractivity contribution is 5.81. The zero-order valence-corrected chi connectivity index (χ0v) is 10.0. The number of carboxylic acid groups (broad SMARTS) is 1. The molecule has 0 spiro atoms. The zero-order chi connectivity index (χ0) is 12.8. The molecule has 1 aromatic heterocycles. The van der Waals surface area contributed by atoms with Gasteiger partial charge in [-0.05, 0) is 36.8 Å². The van der Waals surface area contributed by atoms with Gasteiger partial charge >= 0.3 is 11.9 Å². The van der Waals surface area contributed by atoms with Crippen LogP contribution in [0.15, 0.2) is 41.1 Å². The summed E-state index contributed by atoms with van der Waals surface area (Å²) >= 11 is 0. The van der Waals surface area contributed by atoms with E-state index in [9.17, 15) is 4.79 Å². The molecular weight excluding hydrogens is 230 g/mol. The van der Waals surface area contributed by atoms with Gasteiger partial charge in [0.2, 0.25) is 0 Å². The van der Waals surface area contributed by atoms with Gasteiger partial charge < -0.3 is 9.52 Å². The van der Waals surface area contributed by atoms with Crippen molar-refractivity contribution in [3.8, 4) is 0 Å². The SMILES string of the molecule is O=C(O)c1ncco1.c1ccc2c(c1)CCCC2. The highest BCUT2D eigenvalue weighted by atomic mass is 16.4. The van der Waals surface area contributed by atoms with Crippen LogP contribution in [0.25, 0.3) is 0 Å². The molecule has 0 saturated carbocycles. The van der Waals surface area contributed by atoms with Crippen molar-refractivity contribution in [2.24, 2.45) is 0 Å². The van der Waals surface area contributed by atoms with Gasteiger partial charge in [0.1, 0.15) is 6.26 Å². The van der Waals surface area contributed by atoms with E-state index in [-0.39, 0.29) is 5.89 Å². The number of nitrogens with zero attached hydrogens (tertiary/aromatic N) is 1. The minimum atomic E-state index is -1.14. The summed E-state index contributed by atoms with van der Waals surface area (Å²) < 4.78 is 4.38. The van der Waals surface area contributed by atoms with E-state index in [0.29, 0.717) is 0 Å². The molecular formula is C14H15NO3. The Morgan fingerprint density at radius 1 is 1.17 bits per heavy atom. The van der Waals surface area contributed by atoms with Crippen molar-refractivity contribution in [2.45, 2.75) is 25.7 Å². The van der Waals surface area contributed by atoms with Gasteiger partial charge in [-0.25, -0.2) is 9.78 Å². The maximum Gasteiger partial charge on any atom is 0.392 e. The summed E-state index contributed by atoms with van der Waals surface area (Å²) in [6, 6.07) is 8.80. The number of benzene rings is 1. The minimum Gasteiger partial charge on any atom is -0.474 e. The fourth-order valence-corrected chi connectivity index (χ4v) is 2.01. The van der Waals surface area contributed by atoms with E-state index in [1.807, 2.05) is 0 Å². The van der Waals surface area contributed by atoms with Gasteiger partial charge in [0, 0.05) is 0 Å². The van der Waals surface area contributed by atoms with Crippen molar-refractivity contribution in [2.75, 3.05) is 0 Å². The lowest BCUT2D eigenvalue weighted by atomic mass is 9.92. The third-order valence-electron chi connectivity index (χ3n) is 2.88. The molecule has 4 heteroatoms. The molecule has 0 unspecified atom stereocenters. The minimum absolute atomic E-state index is 0.273. The van der Waals surface area contributed by atoms with Crippen molar-refractivity contribution in [1.82, 2.24) is 4.98 Å². The third kappa shape index (κ3) is 3.20. The fraction of sp³-hybridized carbons (Fsp3) is 0.286. The van der Waals surface area contributed by atoms with Gasteiger partial charge in [-0.15, -0.1) is 0 Å². The number of aromatic nitrogens is 1. The summed E-state index contributed by atoms with van der Waals surface area (Å²) in [5.74, 6) is -1.42. The fourth-order valence-electron chi connectivity index (χ4n) is 2.01. The van der Waals surface area contributed by atoms with E-state index in [2.05, 4.69) is 33.7 Å². The van der Waals surface area contributed by atoms with Crippen molar-refractivity contribution in [1.29, 1.82) is 0 Å². The van der Waals surface area contributed by atoms with Crippen LogP contribution < -0.4 is 0 Å². The smallest absolute Gasteiger partial charge is 0.392 e. The molecule has 1 heterocycles. The van der Waals surface area contributed by atoms with Crippen LogP contribution in [0.4, 0.5) is 0 Å². The lowest BCUT2D eigenvalue weighted by molar-refractivity contribution is 0.0653. The van der Waals surface area contributed by atoms with Crippen LogP contribution in [0.1, 0.15) is 34.7 Å². The third-order valence-corrected chi connectivity index (χ3v) is 2.88. The first-order valence-corrected chi connectivity index (χ1v) is 5.97. The van der Waals surface area contributed by atoms with Gasteiger partial charge in [0.25, 0.3) is 0 Å². The molecule has 1 aliphatic rings. The van der Waals surface area contributed by atoms with Gasteiger partial charge in [0.15, 0.2) is 0 Å². The standard InChI is InChI=1S/C10H12.C4H3NO3/c1-2-6-10-8-4-3-7-9(10)5-1;6-4(7)3-5-1-2-8-3/h1-2,5-6H,3-4,7-8H2;1-2H,(H,6,7). The first-order valence-electron chi connectivity index (χ1n) is 5.97. The largest absolute Gasteiger partial charge is 0.474 e. The molecule has 4 nitrogen and oxygen atoms in total. The van der Waals surface area contributed by atoms with Crippen LogP contribution in [-0.2, 0) is 12.8 Å². The Morgan fingerprint density at radius 2 is 1.78 bits per heavy atom. The zero-order valence-electron chi connectivity index (χ0n) is 10.0. The molecule has 0 bridgehead atoms. The Balaban J connectivity index is 0.000000138. The van der Waals surface area contributed by atoms with E-state index in [4.69, 9.17) is 5.11 Å². The molecule has 1 aliphatic carbocycles. The van der Waals surface area contributed by atoms with Crippen LogP contribution in [0.5, 0.6) is 0 Å². The van der Waals surface area contributed by atoms with Crippen molar-refractivity contribution >= 4 is 5.97 Å². The summed E-state index contributed by atoms with van der Waals surface area (Å²) in [5, 5.41) is 8.12. The maximum atomic E-state index is 9.91. The number of carbonyl (C=O) groups is 1. The van der Waals surface area contributed by atoms with Crippen LogP contribution in [0.3, 0.4) is 0 Å². The molecule has 1 N–H and O–H groups in total. The van der Waals surface area contributed by atoms with Crippen LogP contribution in [0, 0.1) is 0 Å². The summed E-state index contributed by atoms with van der Waals surface area (Å²) in [6.07, 6.45) is 7.87. The number of rotatable bonds is 1. The van der Waals surface area contributed by atoms with Crippen LogP contribution in [0.2, 0.25) is 0 Å². The monoisotopic (exact) mass is 245 g/mol. The summed E-state index contributed by atoms with van der Waals surface area (Å²) in [7, 11) is 0. The molecule has 0 aliphatic heterocycles. The van der Waals surface area contributed by atoms with Gasteiger partial charge in [-0.1, -0.05) is 24.3 Å². The molecule has 2 aromatic rings. The Labute approximate surface area is 105 Å². The average molecular weight is 245 g/mol. The Kier molecular flexibility index (Phi) is 4.12. The summed E-state index contributed by atoms with van der Waals surface area (Å²) in [5.41, 5.74) is 3.16. The van der Waals surface area contributed by atoms with Crippen molar-refractivity contribution in [3.63, 3.8) is 0 Å². The Hall–Kier alpha value is -2.10. The quantitative estimate of drug-likeness (QED) is 0.839. The average Bonchev–Trinajstić information content (AvgIpc) is 2.94. The van der Waals surface area contributed by atoms with Gasteiger partial charge in [-0.2, -0.15) is 0 Å². The van der Waals surface area contributed by atoms with Gasteiger partial charge in [0.05, 0.1) is 6.20 Å². The van der Waals surface area contributed by atoms with Crippen molar-refractivity contribution in [3.05, 3.63) is 53.7 Å². The number of aromatic carboxylic acids is 1. The van der Waals surface area contributed by atoms with E-state index in [1.54, 1.807) is 11.1 Å². The Morgan fingerprint density at radius 3 is 2.17 bits per heavy atom. The summed E-state index contributed by atoms with van der Waals surface area (Å²) in [4.78, 5) is 13.3. The lowest BCUT2D eigenvalue weighted by Gasteiger charge is -2.13. The number of aryl methyl sites for hydroxylation is 2. The molecule has 0 saturated heterocycles. The molecule has 0 amide bonds. The van der Waals surface area contributed by atoms with E-state index < -0.39 is 5.97 Å². The number of hydrogen-bond acceptors (Lipinski definition) is 3. The molecule has 0 fully saturated rings. The van der Waals surface area contributed by atoms with E-state index in [0.717, 1.165) is 0 Å². The van der Waals surface area contributed by atoms with Crippen LogP contribution in [-0.4, -0.2) is 16.1 Å². The Bertz CT molecular complexity index is 481. The second-order valence-electron chi connectivity index (χ2n) is 4.12.